The van der Waals surface area contributed by atoms with Crippen LogP contribution in [-0.4, -0.2) is 24.4 Å². The first-order chi connectivity index (χ1) is 12.3. The fraction of sp³-hybridized carbons (Fsp3) is 0.250. The van der Waals surface area contributed by atoms with Crippen LogP contribution in [0.5, 0.6) is 0 Å². The average Bonchev–Trinajstić information content (AvgIpc) is 2.61. The molecule has 0 spiro atoms. The zero-order chi connectivity index (χ0) is 19.3. The van der Waals surface area contributed by atoms with Crippen molar-refractivity contribution in [3.05, 3.63) is 64.7 Å². The van der Waals surface area contributed by atoms with Crippen LogP contribution in [0.4, 0.5) is 5.69 Å². The maximum atomic E-state index is 12.2. The molecule has 0 fully saturated rings. The SMILES string of the molecule is Cc1cccc(C(C)C)c1NC(=O)COC(=O)c1ccc(C(N)=O)cc1. The molecule has 3 N–H and O–H groups in total. The second-order valence-electron chi connectivity index (χ2n) is 6.26. The third-order valence-corrected chi connectivity index (χ3v) is 3.93. The van der Waals surface area contributed by atoms with Gasteiger partial charge in [-0.15, -0.1) is 0 Å². The Hall–Kier alpha value is -3.15. The molecule has 0 aromatic heterocycles. The van der Waals surface area contributed by atoms with Gasteiger partial charge < -0.3 is 15.8 Å². The molecule has 26 heavy (non-hydrogen) atoms. The van der Waals surface area contributed by atoms with Crippen molar-refractivity contribution in [2.45, 2.75) is 26.7 Å². The molecule has 0 saturated heterocycles. The number of benzene rings is 2. The van der Waals surface area contributed by atoms with Crippen molar-refractivity contribution in [1.82, 2.24) is 0 Å². The Bertz CT molecular complexity index is 826. The van der Waals surface area contributed by atoms with E-state index < -0.39 is 24.4 Å². The summed E-state index contributed by atoms with van der Waals surface area (Å²) >= 11 is 0. The molecule has 0 aliphatic carbocycles. The van der Waals surface area contributed by atoms with Crippen molar-refractivity contribution >= 4 is 23.5 Å². The van der Waals surface area contributed by atoms with Gasteiger partial charge in [-0.2, -0.15) is 0 Å². The lowest BCUT2D eigenvalue weighted by Crippen LogP contribution is -2.22. The molecule has 0 unspecified atom stereocenters. The van der Waals surface area contributed by atoms with Crippen LogP contribution in [0.15, 0.2) is 42.5 Å². The monoisotopic (exact) mass is 354 g/mol. The van der Waals surface area contributed by atoms with Gasteiger partial charge in [0.05, 0.1) is 5.56 Å². The number of primary amides is 1. The normalized spacial score (nSPS) is 10.5. The molecule has 0 saturated carbocycles. The van der Waals surface area contributed by atoms with Crippen molar-refractivity contribution in [2.24, 2.45) is 5.73 Å². The van der Waals surface area contributed by atoms with Gasteiger partial charge in [0.15, 0.2) is 6.61 Å². The molecule has 0 aliphatic rings. The van der Waals surface area contributed by atoms with Crippen LogP contribution in [0.25, 0.3) is 0 Å². The molecule has 2 aromatic carbocycles. The molecule has 136 valence electrons. The van der Waals surface area contributed by atoms with Crippen LogP contribution < -0.4 is 11.1 Å². The second-order valence-corrected chi connectivity index (χ2v) is 6.26. The molecule has 0 heterocycles. The Balaban J connectivity index is 1.99. The van der Waals surface area contributed by atoms with Gasteiger partial charge in [-0.1, -0.05) is 32.0 Å². The van der Waals surface area contributed by atoms with E-state index in [1.54, 1.807) is 0 Å². The Morgan fingerprint density at radius 3 is 2.23 bits per heavy atom. The molecule has 6 heteroatoms. The third-order valence-electron chi connectivity index (χ3n) is 3.93. The van der Waals surface area contributed by atoms with E-state index in [0.29, 0.717) is 5.56 Å². The number of para-hydroxylation sites is 1. The predicted octanol–water partition coefficient (Wildman–Crippen LogP) is 3.01. The number of rotatable bonds is 6. The number of anilines is 1. The number of ether oxygens (including phenoxy) is 1. The minimum atomic E-state index is -0.648. The van der Waals surface area contributed by atoms with Crippen LogP contribution in [0, 0.1) is 6.92 Å². The van der Waals surface area contributed by atoms with E-state index in [1.165, 1.54) is 24.3 Å². The molecule has 6 nitrogen and oxygen atoms in total. The van der Waals surface area contributed by atoms with E-state index in [4.69, 9.17) is 10.5 Å². The van der Waals surface area contributed by atoms with Crippen LogP contribution in [0.1, 0.15) is 51.6 Å². The summed E-state index contributed by atoms with van der Waals surface area (Å²) in [5.41, 5.74) is 8.39. The molecular formula is C20H22N2O4. The molecule has 0 radical (unpaired) electrons. The largest absolute Gasteiger partial charge is 0.452 e. The van der Waals surface area contributed by atoms with Gasteiger partial charge in [-0.05, 0) is 48.2 Å². The lowest BCUT2D eigenvalue weighted by Gasteiger charge is -2.16. The summed E-state index contributed by atoms with van der Waals surface area (Å²) in [5.74, 6) is -1.40. The van der Waals surface area contributed by atoms with Crippen LogP contribution in [0.2, 0.25) is 0 Å². The summed E-state index contributed by atoms with van der Waals surface area (Å²) in [6, 6.07) is 11.5. The molecule has 2 rings (SSSR count). The summed E-state index contributed by atoms with van der Waals surface area (Å²) in [7, 11) is 0. The predicted molar refractivity (Wildman–Crippen MR) is 99.1 cm³/mol. The van der Waals surface area contributed by atoms with Crippen molar-refractivity contribution in [3.63, 3.8) is 0 Å². The zero-order valence-electron chi connectivity index (χ0n) is 15.0. The Labute approximate surface area is 152 Å². The first-order valence-corrected chi connectivity index (χ1v) is 8.26. The average molecular weight is 354 g/mol. The van der Waals surface area contributed by atoms with E-state index in [0.717, 1.165) is 16.8 Å². The van der Waals surface area contributed by atoms with Gasteiger partial charge in [0.2, 0.25) is 5.91 Å². The number of esters is 1. The van der Waals surface area contributed by atoms with Gasteiger partial charge in [0, 0.05) is 11.3 Å². The number of carbonyl (C=O) groups excluding carboxylic acids is 3. The summed E-state index contributed by atoms with van der Waals surface area (Å²) in [4.78, 5) is 35.2. The minimum absolute atomic E-state index is 0.238. The first kappa shape index (κ1) is 19.2. The summed E-state index contributed by atoms with van der Waals surface area (Å²) < 4.78 is 5.04. The fourth-order valence-electron chi connectivity index (χ4n) is 2.50. The van der Waals surface area contributed by atoms with E-state index in [2.05, 4.69) is 5.32 Å². The highest BCUT2D eigenvalue weighted by molar-refractivity contribution is 5.97. The number of aryl methyl sites for hydroxylation is 1. The Kier molecular flexibility index (Phi) is 6.11. The van der Waals surface area contributed by atoms with Crippen LogP contribution in [-0.2, 0) is 9.53 Å². The van der Waals surface area contributed by atoms with Crippen molar-refractivity contribution in [1.29, 1.82) is 0 Å². The number of hydrogen-bond donors (Lipinski definition) is 2. The fourth-order valence-corrected chi connectivity index (χ4v) is 2.50. The Morgan fingerprint density at radius 1 is 1.04 bits per heavy atom. The quantitative estimate of drug-likeness (QED) is 0.779. The number of nitrogens with two attached hydrogens (primary N) is 1. The lowest BCUT2D eigenvalue weighted by molar-refractivity contribution is -0.119. The summed E-state index contributed by atoms with van der Waals surface area (Å²) in [6.07, 6.45) is 0. The molecule has 0 atom stereocenters. The first-order valence-electron chi connectivity index (χ1n) is 8.26. The minimum Gasteiger partial charge on any atom is -0.452 e. The standard InChI is InChI=1S/C20H22N2O4/c1-12(2)16-6-4-5-13(3)18(16)22-17(23)11-26-20(25)15-9-7-14(8-10-15)19(21)24/h4-10,12H,11H2,1-3H3,(H2,21,24)(H,22,23). The molecule has 2 aromatic rings. The van der Waals surface area contributed by atoms with Gasteiger partial charge in [-0.3, -0.25) is 9.59 Å². The summed E-state index contributed by atoms with van der Waals surface area (Å²) in [5, 5.41) is 2.81. The Morgan fingerprint density at radius 2 is 1.65 bits per heavy atom. The number of amides is 2. The summed E-state index contributed by atoms with van der Waals surface area (Å²) in [6.45, 7) is 5.59. The highest BCUT2D eigenvalue weighted by Gasteiger charge is 2.14. The zero-order valence-corrected chi connectivity index (χ0v) is 15.0. The molecule has 0 aliphatic heterocycles. The van der Waals surface area contributed by atoms with Gasteiger partial charge in [-0.25, -0.2) is 4.79 Å². The topological polar surface area (TPSA) is 98.5 Å². The van der Waals surface area contributed by atoms with E-state index in [-0.39, 0.29) is 11.5 Å². The highest BCUT2D eigenvalue weighted by Crippen LogP contribution is 2.27. The van der Waals surface area contributed by atoms with Crippen molar-refractivity contribution < 1.29 is 19.1 Å². The van der Waals surface area contributed by atoms with Gasteiger partial charge in [0.25, 0.3) is 5.91 Å². The molecule has 0 bridgehead atoms. The van der Waals surface area contributed by atoms with Crippen molar-refractivity contribution in [2.75, 3.05) is 11.9 Å². The smallest absolute Gasteiger partial charge is 0.338 e. The van der Waals surface area contributed by atoms with Gasteiger partial charge >= 0.3 is 5.97 Å². The number of hydrogen-bond acceptors (Lipinski definition) is 4. The van der Waals surface area contributed by atoms with Crippen molar-refractivity contribution in [3.8, 4) is 0 Å². The van der Waals surface area contributed by atoms with Crippen LogP contribution >= 0.6 is 0 Å². The van der Waals surface area contributed by atoms with Crippen LogP contribution in [0.3, 0.4) is 0 Å². The van der Waals surface area contributed by atoms with E-state index >= 15 is 0 Å². The maximum absolute atomic E-state index is 12.2. The maximum Gasteiger partial charge on any atom is 0.338 e. The van der Waals surface area contributed by atoms with E-state index in [9.17, 15) is 14.4 Å². The molecule has 2 amide bonds. The van der Waals surface area contributed by atoms with Gasteiger partial charge in [0.1, 0.15) is 0 Å². The van der Waals surface area contributed by atoms with E-state index in [1.807, 2.05) is 39.0 Å². The highest BCUT2D eigenvalue weighted by atomic mass is 16.5. The lowest BCUT2D eigenvalue weighted by atomic mass is 9.98. The molecular weight excluding hydrogens is 332 g/mol. The third kappa shape index (κ3) is 4.69. The number of carbonyl (C=O) groups is 3. The second kappa shape index (κ2) is 8.29. The number of nitrogens with one attached hydrogen (secondary N) is 1.